The minimum atomic E-state index is -0.0706. The molecule has 1 saturated heterocycles. The molecule has 1 atom stereocenters. The topological polar surface area (TPSA) is 52.2 Å². The molecule has 6 heteroatoms. The predicted octanol–water partition coefficient (Wildman–Crippen LogP) is 1.79. The summed E-state index contributed by atoms with van der Waals surface area (Å²) in [5.41, 5.74) is 0.797. The molecular weight excluding hydrogens is 320 g/mol. The van der Waals surface area contributed by atoms with Crippen LogP contribution in [-0.4, -0.2) is 53.5 Å². The van der Waals surface area contributed by atoms with Crippen LogP contribution in [0.1, 0.15) is 37.3 Å². The standard InChI is InChI=1S/C14H23BrN4O/c1-4-6-10-12(15)14(20)17-13(16-10)11-9-18(2)7-5-8-19(11)3/h11H,4-9H2,1-3H3,(H,16,17,20). The van der Waals surface area contributed by atoms with Crippen molar-refractivity contribution in [2.75, 3.05) is 33.7 Å². The molecule has 112 valence electrons. The van der Waals surface area contributed by atoms with Crippen molar-refractivity contribution in [2.45, 2.75) is 32.2 Å². The Morgan fingerprint density at radius 1 is 1.40 bits per heavy atom. The fraction of sp³-hybridized carbons (Fsp3) is 0.714. The van der Waals surface area contributed by atoms with Gasteiger partial charge in [-0.1, -0.05) is 13.3 Å². The molecule has 1 unspecified atom stereocenters. The van der Waals surface area contributed by atoms with Gasteiger partial charge in [0.2, 0.25) is 0 Å². The summed E-state index contributed by atoms with van der Waals surface area (Å²) in [6.07, 6.45) is 2.95. The highest BCUT2D eigenvalue weighted by molar-refractivity contribution is 9.10. The fourth-order valence-corrected chi connectivity index (χ4v) is 3.04. The van der Waals surface area contributed by atoms with Gasteiger partial charge in [0, 0.05) is 6.54 Å². The van der Waals surface area contributed by atoms with Crippen LogP contribution in [-0.2, 0) is 6.42 Å². The van der Waals surface area contributed by atoms with E-state index in [0.717, 1.165) is 50.4 Å². The summed E-state index contributed by atoms with van der Waals surface area (Å²) < 4.78 is 0.577. The summed E-state index contributed by atoms with van der Waals surface area (Å²) in [6.45, 7) is 5.11. The molecule has 5 nitrogen and oxygen atoms in total. The molecular formula is C14H23BrN4O. The van der Waals surface area contributed by atoms with Crippen LogP contribution in [0.25, 0.3) is 0 Å². The zero-order chi connectivity index (χ0) is 14.7. The van der Waals surface area contributed by atoms with E-state index >= 15 is 0 Å². The van der Waals surface area contributed by atoms with Crippen molar-refractivity contribution in [3.05, 3.63) is 26.3 Å². The number of aromatic nitrogens is 2. The number of rotatable bonds is 3. The van der Waals surface area contributed by atoms with Crippen molar-refractivity contribution < 1.29 is 0 Å². The lowest BCUT2D eigenvalue weighted by molar-refractivity contribution is 0.219. The van der Waals surface area contributed by atoms with Gasteiger partial charge in [-0.3, -0.25) is 9.69 Å². The molecule has 20 heavy (non-hydrogen) atoms. The van der Waals surface area contributed by atoms with Gasteiger partial charge in [0.1, 0.15) is 10.3 Å². The first kappa shape index (κ1) is 15.7. The van der Waals surface area contributed by atoms with Crippen LogP contribution >= 0.6 is 15.9 Å². The van der Waals surface area contributed by atoms with E-state index in [1.54, 1.807) is 0 Å². The van der Waals surface area contributed by atoms with Crippen molar-refractivity contribution in [3.8, 4) is 0 Å². The SMILES string of the molecule is CCCc1nc(C2CN(C)CCCN2C)[nH]c(=O)c1Br. The molecule has 1 N–H and O–H groups in total. The van der Waals surface area contributed by atoms with E-state index in [1.165, 1.54) is 0 Å². The monoisotopic (exact) mass is 342 g/mol. The molecule has 0 bridgehead atoms. The normalized spacial score (nSPS) is 21.9. The largest absolute Gasteiger partial charge is 0.308 e. The van der Waals surface area contributed by atoms with Gasteiger partial charge in [-0.25, -0.2) is 4.98 Å². The number of hydrogen-bond acceptors (Lipinski definition) is 4. The number of nitrogens with zero attached hydrogens (tertiary/aromatic N) is 3. The van der Waals surface area contributed by atoms with E-state index < -0.39 is 0 Å². The summed E-state index contributed by atoms with van der Waals surface area (Å²) in [5, 5.41) is 0. The van der Waals surface area contributed by atoms with Gasteiger partial charge >= 0.3 is 0 Å². The molecule has 1 aliphatic rings. The number of nitrogens with one attached hydrogen (secondary N) is 1. The molecule has 0 amide bonds. The van der Waals surface area contributed by atoms with Gasteiger partial charge in [-0.05, 0) is 56.0 Å². The first-order valence-electron chi connectivity index (χ1n) is 7.20. The summed E-state index contributed by atoms with van der Waals surface area (Å²) in [4.78, 5) is 24.3. The summed E-state index contributed by atoms with van der Waals surface area (Å²) in [7, 11) is 4.22. The van der Waals surface area contributed by atoms with Crippen molar-refractivity contribution in [1.29, 1.82) is 0 Å². The number of halogens is 1. The second-order valence-corrected chi connectivity index (χ2v) is 6.37. The van der Waals surface area contributed by atoms with Crippen LogP contribution in [0.15, 0.2) is 9.27 Å². The van der Waals surface area contributed by atoms with Crippen LogP contribution in [0.3, 0.4) is 0 Å². The van der Waals surface area contributed by atoms with E-state index in [1.807, 2.05) is 0 Å². The van der Waals surface area contributed by atoms with Gasteiger partial charge in [0.25, 0.3) is 5.56 Å². The van der Waals surface area contributed by atoms with Crippen LogP contribution in [0.2, 0.25) is 0 Å². The highest BCUT2D eigenvalue weighted by atomic mass is 79.9. The maximum absolute atomic E-state index is 12.1. The maximum atomic E-state index is 12.1. The maximum Gasteiger partial charge on any atom is 0.265 e. The number of likely N-dealkylation sites (N-methyl/N-ethyl adjacent to an activating group) is 2. The van der Waals surface area contributed by atoms with Crippen molar-refractivity contribution in [3.63, 3.8) is 0 Å². The number of hydrogen-bond donors (Lipinski definition) is 1. The average Bonchev–Trinajstić information content (AvgIpc) is 2.57. The highest BCUT2D eigenvalue weighted by Crippen LogP contribution is 2.21. The molecule has 0 radical (unpaired) electrons. The van der Waals surface area contributed by atoms with Crippen molar-refractivity contribution in [1.82, 2.24) is 19.8 Å². The third-order valence-electron chi connectivity index (χ3n) is 3.82. The van der Waals surface area contributed by atoms with Gasteiger partial charge in [-0.2, -0.15) is 0 Å². The zero-order valence-corrected chi connectivity index (χ0v) is 14.0. The quantitative estimate of drug-likeness (QED) is 0.909. The molecule has 2 heterocycles. The zero-order valence-electron chi connectivity index (χ0n) is 12.4. The average molecular weight is 343 g/mol. The Morgan fingerprint density at radius 2 is 2.15 bits per heavy atom. The molecule has 0 spiro atoms. The Balaban J connectivity index is 2.37. The van der Waals surface area contributed by atoms with Gasteiger partial charge in [-0.15, -0.1) is 0 Å². The number of aryl methyl sites for hydroxylation is 1. The van der Waals surface area contributed by atoms with Crippen LogP contribution < -0.4 is 5.56 Å². The van der Waals surface area contributed by atoms with E-state index in [2.05, 4.69) is 51.7 Å². The lowest BCUT2D eigenvalue weighted by Crippen LogP contribution is -2.33. The Bertz CT molecular complexity index is 516. The van der Waals surface area contributed by atoms with E-state index in [0.29, 0.717) is 4.47 Å². The Labute approximate surface area is 128 Å². The smallest absolute Gasteiger partial charge is 0.265 e. The lowest BCUT2D eigenvalue weighted by atomic mass is 10.2. The fourth-order valence-electron chi connectivity index (χ4n) is 2.65. The van der Waals surface area contributed by atoms with Gasteiger partial charge in [0.05, 0.1) is 11.7 Å². The Kier molecular flexibility index (Phi) is 5.35. The summed E-state index contributed by atoms with van der Waals surface area (Å²) in [5.74, 6) is 0.790. The minimum Gasteiger partial charge on any atom is -0.308 e. The third kappa shape index (κ3) is 3.48. The highest BCUT2D eigenvalue weighted by Gasteiger charge is 2.25. The predicted molar refractivity (Wildman–Crippen MR) is 84.0 cm³/mol. The first-order valence-corrected chi connectivity index (χ1v) is 7.99. The number of aromatic amines is 1. The van der Waals surface area contributed by atoms with Gasteiger partial charge in [0.15, 0.2) is 0 Å². The molecule has 2 rings (SSSR count). The van der Waals surface area contributed by atoms with Gasteiger partial charge < -0.3 is 9.88 Å². The van der Waals surface area contributed by atoms with Crippen molar-refractivity contribution in [2.24, 2.45) is 0 Å². The van der Waals surface area contributed by atoms with Crippen molar-refractivity contribution >= 4 is 15.9 Å². The molecule has 0 aliphatic carbocycles. The molecule has 0 saturated carbocycles. The lowest BCUT2D eigenvalue weighted by Gasteiger charge is -2.26. The number of H-pyrrole nitrogens is 1. The molecule has 1 fully saturated rings. The second kappa shape index (κ2) is 6.83. The first-order chi connectivity index (χ1) is 9.52. The van der Waals surface area contributed by atoms with Crippen LogP contribution in [0, 0.1) is 0 Å². The molecule has 1 aromatic heterocycles. The molecule has 1 aliphatic heterocycles. The molecule has 0 aromatic carbocycles. The van der Waals surface area contributed by atoms with Crippen LogP contribution in [0.5, 0.6) is 0 Å². The third-order valence-corrected chi connectivity index (χ3v) is 4.64. The second-order valence-electron chi connectivity index (χ2n) is 5.57. The summed E-state index contributed by atoms with van der Waals surface area (Å²) >= 11 is 3.35. The summed E-state index contributed by atoms with van der Waals surface area (Å²) in [6, 6.07) is 0.152. The Hall–Kier alpha value is -0.720. The van der Waals surface area contributed by atoms with E-state index in [4.69, 9.17) is 4.98 Å². The Morgan fingerprint density at radius 3 is 2.85 bits per heavy atom. The van der Waals surface area contributed by atoms with E-state index in [9.17, 15) is 4.79 Å². The van der Waals surface area contributed by atoms with Crippen LogP contribution in [0.4, 0.5) is 0 Å². The van der Waals surface area contributed by atoms with E-state index in [-0.39, 0.29) is 11.6 Å². The molecule has 1 aromatic rings. The minimum absolute atomic E-state index is 0.0706.